The van der Waals surface area contributed by atoms with Crippen LogP contribution in [-0.2, 0) is 11.3 Å². The number of carbonyl (C=O) groups excluding carboxylic acids is 2. The van der Waals surface area contributed by atoms with Crippen LogP contribution in [0.2, 0.25) is 0 Å². The minimum Gasteiger partial charge on any atom is -0.493 e. The summed E-state index contributed by atoms with van der Waals surface area (Å²) < 4.78 is 12.3. The molecule has 6 nitrogen and oxygen atoms in total. The Morgan fingerprint density at radius 2 is 2.00 bits per heavy atom. The molecule has 30 heavy (non-hydrogen) atoms. The maximum atomic E-state index is 12.8. The van der Waals surface area contributed by atoms with Gasteiger partial charge in [-0.05, 0) is 72.2 Å². The van der Waals surface area contributed by atoms with E-state index in [4.69, 9.17) is 9.47 Å². The van der Waals surface area contributed by atoms with Crippen molar-refractivity contribution in [2.75, 3.05) is 7.11 Å². The predicted molar refractivity (Wildman–Crippen MR) is 124 cm³/mol. The average molecular weight is 520 g/mol. The molecule has 3 rings (SSSR count). The first-order valence-corrected chi connectivity index (χ1v) is 10.8. The molecule has 158 valence electrons. The zero-order chi connectivity index (χ0) is 21.8. The van der Waals surface area contributed by atoms with Gasteiger partial charge in [0.15, 0.2) is 11.5 Å². The molecule has 0 aromatic heterocycles. The van der Waals surface area contributed by atoms with E-state index in [2.05, 4.69) is 34.8 Å². The highest BCUT2D eigenvalue weighted by molar-refractivity contribution is 14.1. The van der Waals surface area contributed by atoms with Crippen LogP contribution in [0.5, 0.6) is 11.5 Å². The van der Waals surface area contributed by atoms with E-state index in [-0.39, 0.29) is 24.3 Å². The lowest BCUT2D eigenvalue weighted by Gasteiger charge is -2.17. The summed E-state index contributed by atoms with van der Waals surface area (Å²) >= 11 is 2.19. The molecule has 1 aliphatic rings. The number of aryl methyl sites for hydroxylation is 1. The molecule has 3 amide bonds. The van der Waals surface area contributed by atoms with Crippen molar-refractivity contribution >= 4 is 40.6 Å². The minimum absolute atomic E-state index is 0.0579. The molecule has 1 atom stereocenters. The van der Waals surface area contributed by atoms with Crippen LogP contribution >= 0.6 is 22.6 Å². The lowest BCUT2D eigenvalue weighted by molar-refractivity contribution is -0.123. The number of methoxy groups -OCH3 is 1. The predicted octanol–water partition coefficient (Wildman–Crippen LogP) is 4.88. The van der Waals surface area contributed by atoms with Crippen LogP contribution in [0.3, 0.4) is 0 Å². The van der Waals surface area contributed by atoms with E-state index < -0.39 is 6.03 Å². The number of rotatable bonds is 7. The van der Waals surface area contributed by atoms with Crippen molar-refractivity contribution in [3.8, 4) is 11.5 Å². The van der Waals surface area contributed by atoms with Crippen LogP contribution in [0.15, 0.2) is 42.1 Å². The molecule has 0 unspecified atom stereocenters. The molecule has 7 heteroatoms. The Morgan fingerprint density at radius 3 is 2.67 bits per heavy atom. The smallest absolute Gasteiger partial charge is 0.329 e. The van der Waals surface area contributed by atoms with Crippen molar-refractivity contribution in [1.29, 1.82) is 0 Å². The Bertz CT molecular complexity index is 1000. The number of nitrogens with one attached hydrogen (secondary N) is 1. The summed E-state index contributed by atoms with van der Waals surface area (Å²) in [7, 11) is 1.58. The van der Waals surface area contributed by atoms with E-state index in [0.717, 1.165) is 26.7 Å². The number of halogens is 1. The van der Waals surface area contributed by atoms with E-state index in [0.29, 0.717) is 11.5 Å². The van der Waals surface area contributed by atoms with Crippen molar-refractivity contribution in [3.63, 3.8) is 0 Å². The van der Waals surface area contributed by atoms with Gasteiger partial charge in [0.2, 0.25) is 0 Å². The monoisotopic (exact) mass is 520 g/mol. The first kappa shape index (κ1) is 22.1. The summed E-state index contributed by atoms with van der Waals surface area (Å²) in [6.07, 6.45) is 2.60. The van der Waals surface area contributed by atoms with Crippen LogP contribution in [0, 0.1) is 10.5 Å². The highest BCUT2D eigenvalue weighted by atomic mass is 127. The van der Waals surface area contributed by atoms with Gasteiger partial charge >= 0.3 is 6.03 Å². The topological polar surface area (TPSA) is 67.9 Å². The third kappa shape index (κ3) is 4.95. The molecular weight excluding hydrogens is 495 g/mol. The van der Waals surface area contributed by atoms with Gasteiger partial charge < -0.3 is 14.8 Å². The number of hydrogen-bond donors (Lipinski definition) is 1. The fourth-order valence-corrected chi connectivity index (χ4v) is 3.85. The van der Waals surface area contributed by atoms with Crippen molar-refractivity contribution in [3.05, 3.63) is 62.4 Å². The first-order chi connectivity index (χ1) is 14.3. The minimum atomic E-state index is -0.425. The number of carbonyl (C=O) groups is 2. The second-order valence-corrected chi connectivity index (χ2v) is 8.40. The van der Waals surface area contributed by atoms with E-state index in [1.807, 2.05) is 44.2 Å². The summed E-state index contributed by atoms with van der Waals surface area (Å²) in [6, 6.07) is 11.0. The molecule has 0 saturated carbocycles. The quantitative estimate of drug-likeness (QED) is 0.321. The number of imide groups is 1. The van der Waals surface area contributed by atoms with E-state index in [9.17, 15) is 9.59 Å². The zero-order valence-corrected chi connectivity index (χ0v) is 19.6. The van der Waals surface area contributed by atoms with Crippen molar-refractivity contribution in [2.45, 2.75) is 39.8 Å². The average Bonchev–Trinajstić information content (AvgIpc) is 2.97. The third-order valence-corrected chi connectivity index (χ3v) is 5.64. The molecule has 2 aromatic rings. The molecule has 0 aliphatic carbocycles. The van der Waals surface area contributed by atoms with Crippen LogP contribution in [0.1, 0.15) is 37.0 Å². The van der Waals surface area contributed by atoms with Crippen molar-refractivity contribution in [1.82, 2.24) is 10.2 Å². The maximum Gasteiger partial charge on any atom is 0.329 e. The Morgan fingerprint density at radius 1 is 1.23 bits per heavy atom. The number of hydrogen-bond acceptors (Lipinski definition) is 4. The van der Waals surface area contributed by atoms with E-state index in [1.54, 1.807) is 19.3 Å². The summed E-state index contributed by atoms with van der Waals surface area (Å²) in [5.74, 6) is 0.912. The van der Waals surface area contributed by atoms with Gasteiger partial charge in [-0.1, -0.05) is 36.8 Å². The van der Waals surface area contributed by atoms with Crippen LogP contribution in [-0.4, -0.2) is 30.1 Å². The number of benzene rings is 2. The molecule has 1 aliphatic heterocycles. The SMILES string of the molecule is CC[C@@H](C)Oc1c(I)cc(/C=C2/NC(=O)N(Cc3cccc(C)c3)C2=O)cc1OC. The molecule has 1 heterocycles. The van der Waals surface area contributed by atoms with Gasteiger partial charge in [-0.2, -0.15) is 0 Å². The third-order valence-electron chi connectivity index (χ3n) is 4.84. The highest BCUT2D eigenvalue weighted by Crippen LogP contribution is 2.35. The van der Waals surface area contributed by atoms with Gasteiger partial charge in [0.1, 0.15) is 5.70 Å². The number of nitrogens with zero attached hydrogens (tertiary/aromatic N) is 1. The van der Waals surface area contributed by atoms with Crippen LogP contribution in [0.25, 0.3) is 6.08 Å². The highest BCUT2D eigenvalue weighted by Gasteiger charge is 2.33. The fourth-order valence-electron chi connectivity index (χ4n) is 3.10. The summed E-state index contributed by atoms with van der Waals surface area (Å²) in [5, 5.41) is 2.67. The Hall–Kier alpha value is -2.55. The van der Waals surface area contributed by atoms with E-state index in [1.165, 1.54) is 4.90 Å². The molecule has 0 bridgehead atoms. The summed E-state index contributed by atoms with van der Waals surface area (Å²) in [6.45, 7) is 6.26. The van der Waals surface area contributed by atoms with Crippen LogP contribution in [0.4, 0.5) is 4.79 Å². The second-order valence-electron chi connectivity index (χ2n) is 7.24. The first-order valence-electron chi connectivity index (χ1n) is 9.76. The molecule has 2 aromatic carbocycles. The lowest BCUT2D eigenvalue weighted by Crippen LogP contribution is -2.30. The van der Waals surface area contributed by atoms with Crippen LogP contribution < -0.4 is 14.8 Å². The normalized spacial score (nSPS) is 16.0. The standard InChI is InChI=1S/C23H25IN2O4/c1-5-15(3)30-21-18(24)10-17(12-20(21)29-4)11-19-22(27)26(23(28)25-19)13-16-8-6-7-14(2)9-16/h6-12,15H,5,13H2,1-4H3,(H,25,28)/b19-11+/t15-/m1/s1. The number of ether oxygens (including phenoxy) is 2. The van der Waals surface area contributed by atoms with Crippen molar-refractivity contribution < 1.29 is 19.1 Å². The second kappa shape index (κ2) is 9.51. The molecule has 1 N–H and O–H groups in total. The largest absolute Gasteiger partial charge is 0.493 e. The van der Waals surface area contributed by atoms with Gasteiger partial charge in [0.25, 0.3) is 5.91 Å². The van der Waals surface area contributed by atoms with Gasteiger partial charge in [0.05, 0.1) is 23.3 Å². The molecule has 1 fully saturated rings. The molecular formula is C23H25IN2O4. The summed E-state index contributed by atoms with van der Waals surface area (Å²) in [4.78, 5) is 26.4. The van der Waals surface area contributed by atoms with Gasteiger partial charge in [0, 0.05) is 0 Å². The Balaban J connectivity index is 1.85. The summed E-state index contributed by atoms with van der Waals surface area (Å²) in [5.41, 5.74) is 2.97. The van der Waals surface area contributed by atoms with E-state index >= 15 is 0 Å². The van der Waals surface area contributed by atoms with Crippen molar-refractivity contribution in [2.24, 2.45) is 0 Å². The molecule has 1 saturated heterocycles. The van der Waals surface area contributed by atoms with Gasteiger partial charge in [-0.25, -0.2) is 4.79 Å². The Labute approximate surface area is 190 Å². The lowest BCUT2D eigenvalue weighted by atomic mass is 10.1. The Kier molecular flexibility index (Phi) is 7.02. The van der Waals surface area contributed by atoms with Gasteiger partial charge in [-0.3, -0.25) is 9.69 Å². The number of amides is 3. The zero-order valence-electron chi connectivity index (χ0n) is 17.5. The fraction of sp³-hybridized carbons (Fsp3) is 0.304. The molecule has 0 radical (unpaired) electrons. The molecule has 0 spiro atoms. The number of urea groups is 1. The van der Waals surface area contributed by atoms with Gasteiger partial charge in [-0.15, -0.1) is 0 Å². The maximum absolute atomic E-state index is 12.8.